The van der Waals surface area contributed by atoms with Crippen molar-refractivity contribution < 1.29 is 22.5 Å². The minimum Gasteiger partial charge on any atom is -0.340 e. The van der Waals surface area contributed by atoms with Crippen LogP contribution in [-0.2, 0) is 0 Å². The lowest BCUT2D eigenvalue weighted by molar-refractivity contribution is 0.0936. The van der Waals surface area contributed by atoms with E-state index in [9.17, 15) is 18.0 Å². The van der Waals surface area contributed by atoms with E-state index in [0.29, 0.717) is 0 Å². The molecule has 1 aromatic heterocycles. The van der Waals surface area contributed by atoms with Gasteiger partial charge in [0.1, 0.15) is 23.5 Å². The number of aromatic nitrogens is 2. The van der Waals surface area contributed by atoms with E-state index < -0.39 is 35.0 Å². The molecule has 0 saturated heterocycles. The van der Waals surface area contributed by atoms with Gasteiger partial charge in [-0.25, -0.2) is 13.2 Å². The number of halogens is 3. The van der Waals surface area contributed by atoms with Crippen LogP contribution in [0.1, 0.15) is 33.7 Å². The molecule has 1 heterocycles. The number of hydrogen-bond acceptors (Lipinski definition) is 4. The molecule has 1 atom stereocenters. The lowest BCUT2D eigenvalue weighted by Gasteiger charge is -2.17. The highest BCUT2D eigenvalue weighted by molar-refractivity contribution is 5.94. The van der Waals surface area contributed by atoms with Gasteiger partial charge in [0, 0.05) is 12.5 Å². The Kier molecular flexibility index (Phi) is 4.51. The zero-order chi connectivity index (χ0) is 18.0. The van der Waals surface area contributed by atoms with Crippen molar-refractivity contribution in [1.29, 1.82) is 0 Å². The van der Waals surface area contributed by atoms with Crippen molar-refractivity contribution in [3.05, 3.63) is 82.8 Å². The molecule has 3 aromatic rings. The molecule has 0 fully saturated rings. The molecule has 0 unspecified atom stereocenters. The molecule has 128 valence electrons. The van der Waals surface area contributed by atoms with Crippen LogP contribution < -0.4 is 5.32 Å². The van der Waals surface area contributed by atoms with Crippen LogP contribution in [0.25, 0.3) is 0 Å². The van der Waals surface area contributed by atoms with Gasteiger partial charge in [-0.3, -0.25) is 4.79 Å². The van der Waals surface area contributed by atoms with Crippen molar-refractivity contribution in [3.63, 3.8) is 0 Å². The lowest BCUT2D eigenvalue weighted by atomic mass is 10.0. The zero-order valence-corrected chi connectivity index (χ0v) is 13.0. The molecule has 0 spiro atoms. The molecule has 0 bridgehead atoms. The molecule has 3 rings (SSSR count). The van der Waals surface area contributed by atoms with Gasteiger partial charge in [0.05, 0.1) is 5.56 Å². The number of nitrogens with one attached hydrogen (secondary N) is 1. The molecule has 0 aliphatic rings. The fraction of sp³-hybridized carbons (Fsp3) is 0.118. The predicted molar refractivity (Wildman–Crippen MR) is 81.1 cm³/mol. The molecule has 25 heavy (non-hydrogen) atoms. The van der Waals surface area contributed by atoms with Crippen molar-refractivity contribution in [2.75, 3.05) is 0 Å². The van der Waals surface area contributed by atoms with E-state index in [1.165, 1.54) is 25.1 Å². The van der Waals surface area contributed by atoms with Crippen LogP contribution in [0.5, 0.6) is 0 Å². The average molecular weight is 347 g/mol. The van der Waals surface area contributed by atoms with Gasteiger partial charge in [-0.1, -0.05) is 23.4 Å². The van der Waals surface area contributed by atoms with E-state index in [1.807, 2.05) is 0 Å². The Morgan fingerprint density at radius 1 is 1.12 bits per heavy atom. The Bertz CT molecular complexity index is 927. The minimum atomic E-state index is -1.13. The Morgan fingerprint density at radius 3 is 2.56 bits per heavy atom. The van der Waals surface area contributed by atoms with Crippen molar-refractivity contribution in [3.8, 4) is 0 Å². The number of carbonyl (C=O) groups excluding carboxylic acids is 1. The first-order valence-corrected chi connectivity index (χ1v) is 7.26. The molecule has 0 aliphatic carbocycles. The molecule has 0 radical (unpaired) electrons. The second-order valence-electron chi connectivity index (χ2n) is 5.22. The number of hydrogen-bond donors (Lipinski definition) is 1. The normalized spacial score (nSPS) is 12.0. The van der Waals surface area contributed by atoms with Gasteiger partial charge < -0.3 is 9.84 Å². The minimum absolute atomic E-state index is 0.00670. The van der Waals surface area contributed by atoms with Gasteiger partial charge in [0.2, 0.25) is 5.89 Å². The van der Waals surface area contributed by atoms with Crippen LogP contribution in [0.4, 0.5) is 13.2 Å². The maximum absolute atomic E-state index is 14.2. The van der Waals surface area contributed by atoms with Crippen molar-refractivity contribution >= 4 is 5.91 Å². The molecule has 5 nitrogen and oxygen atoms in total. The van der Waals surface area contributed by atoms with E-state index in [2.05, 4.69) is 15.5 Å². The number of rotatable bonds is 4. The van der Waals surface area contributed by atoms with E-state index in [0.717, 1.165) is 18.2 Å². The molecule has 0 aliphatic heterocycles. The van der Waals surface area contributed by atoms with Crippen LogP contribution in [0.15, 0.2) is 47.0 Å². The molecular weight excluding hydrogens is 335 g/mol. The fourth-order valence-electron chi connectivity index (χ4n) is 2.30. The summed E-state index contributed by atoms with van der Waals surface area (Å²) in [5.74, 6) is -3.03. The summed E-state index contributed by atoms with van der Waals surface area (Å²) in [4.78, 5) is 16.4. The van der Waals surface area contributed by atoms with Crippen molar-refractivity contribution in [1.82, 2.24) is 15.5 Å². The van der Waals surface area contributed by atoms with E-state index in [4.69, 9.17) is 4.52 Å². The second-order valence-corrected chi connectivity index (χ2v) is 5.22. The third kappa shape index (κ3) is 3.52. The van der Waals surface area contributed by atoms with Gasteiger partial charge in [0.15, 0.2) is 5.82 Å². The number of amides is 1. The van der Waals surface area contributed by atoms with E-state index >= 15 is 0 Å². The SMILES string of the molecule is Cc1nc([C@H](NC(=O)c2cc(F)ccc2F)c2ccccc2F)no1. The first kappa shape index (κ1) is 16.7. The first-order chi connectivity index (χ1) is 12.0. The van der Waals surface area contributed by atoms with E-state index in [-0.39, 0.29) is 17.3 Å². The maximum Gasteiger partial charge on any atom is 0.255 e. The quantitative estimate of drug-likeness (QED) is 0.786. The van der Waals surface area contributed by atoms with Crippen molar-refractivity contribution in [2.45, 2.75) is 13.0 Å². The van der Waals surface area contributed by atoms with Gasteiger partial charge >= 0.3 is 0 Å². The summed E-state index contributed by atoms with van der Waals surface area (Å²) in [6, 6.07) is 7.01. The second kappa shape index (κ2) is 6.76. The van der Waals surface area contributed by atoms with Crippen LogP contribution >= 0.6 is 0 Å². The monoisotopic (exact) mass is 347 g/mol. The Morgan fingerprint density at radius 2 is 1.88 bits per heavy atom. The number of nitrogens with zero attached hydrogens (tertiary/aromatic N) is 2. The highest BCUT2D eigenvalue weighted by Crippen LogP contribution is 2.23. The van der Waals surface area contributed by atoms with Gasteiger partial charge in [-0.05, 0) is 24.3 Å². The van der Waals surface area contributed by atoms with E-state index in [1.54, 1.807) is 6.07 Å². The summed E-state index contributed by atoms with van der Waals surface area (Å²) in [5, 5.41) is 6.10. The summed E-state index contributed by atoms with van der Waals surface area (Å²) in [5.41, 5.74) is -0.449. The zero-order valence-electron chi connectivity index (χ0n) is 13.0. The molecule has 1 N–H and O–H groups in total. The number of aryl methyl sites for hydroxylation is 1. The third-order valence-electron chi connectivity index (χ3n) is 3.47. The van der Waals surface area contributed by atoms with Crippen LogP contribution in [0.3, 0.4) is 0 Å². The summed E-state index contributed by atoms with van der Waals surface area (Å²) in [7, 11) is 0. The average Bonchev–Trinajstić information content (AvgIpc) is 3.01. The van der Waals surface area contributed by atoms with Gasteiger partial charge in [-0.15, -0.1) is 0 Å². The standard InChI is InChI=1S/C17H12F3N3O2/c1-9-21-16(23-25-9)15(11-4-2-3-5-13(11)19)22-17(24)12-8-10(18)6-7-14(12)20/h2-8,15H,1H3,(H,22,24)/t15-/m1/s1. The Hall–Kier alpha value is -3.16. The lowest BCUT2D eigenvalue weighted by Crippen LogP contribution is -2.31. The highest BCUT2D eigenvalue weighted by Gasteiger charge is 2.26. The topological polar surface area (TPSA) is 68.0 Å². The van der Waals surface area contributed by atoms with Crippen molar-refractivity contribution in [2.24, 2.45) is 0 Å². The van der Waals surface area contributed by atoms with Gasteiger partial charge in [0.25, 0.3) is 5.91 Å². The maximum atomic E-state index is 14.2. The summed E-state index contributed by atoms with van der Waals surface area (Å²) in [6.07, 6.45) is 0. The Labute approximate surface area is 140 Å². The Balaban J connectivity index is 1.99. The van der Waals surface area contributed by atoms with Crippen LogP contribution in [0, 0.1) is 24.4 Å². The molecule has 2 aromatic carbocycles. The van der Waals surface area contributed by atoms with Crippen LogP contribution in [-0.4, -0.2) is 16.0 Å². The largest absolute Gasteiger partial charge is 0.340 e. The van der Waals surface area contributed by atoms with Crippen LogP contribution in [0.2, 0.25) is 0 Å². The van der Waals surface area contributed by atoms with Gasteiger partial charge in [-0.2, -0.15) is 4.98 Å². The number of carbonyl (C=O) groups is 1. The first-order valence-electron chi connectivity index (χ1n) is 7.26. The number of benzene rings is 2. The highest BCUT2D eigenvalue weighted by atomic mass is 19.1. The smallest absolute Gasteiger partial charge is 0.255 e. The molecule has 0 saturated carbocycles. The molecule has 1 amide bonds. The molecular formula is C17H12F3N3O2. The third-order valence-corrected chi connectivity index (χ3v) is 3.47. The summed E-state index contributed by atoms with van der Waals surface area (Å²) < 4.78 is 46.1. The molecule has 8 heteroatoms. The fourth-order valence-corrected chi connectivity index (χ4v) is 2.30. The summed E-state index contributed by atoms with van der Waals surface area (Å²) >= 11 is 0. The summed E-state index contributed by atoms with van der Waals surface area (Å²) in [6.45, 7) is 1.53. The predicted octanol–water partition coefficient (Wildman–Crippen LogP) is 3.31.